The Labute approximate surface area is 100 Å². The highest BCUT2D eigenvalue weighted by molar-refractivity contribution is 4.87. The minimum absolute atomic E-state index is 0.152. The second-order valence-corrected chi connectivity index (χ2v) is 5.46. The van der Waals surface area contributed by atoms with Gasteiger partial charge < -0.3 is 15.3 Å². The van der Waals surface area contributed by atoms with Crippen molar-refractivity contribution in [1.29, 1.82) is 0 Å². The molecule has 1 aliphatic carbocycles. The van der Waals surface area contributed by atoms with E-state index < -0.39 is 0 Å². The number of rotatable bonds is 6. The third kappa shape index (κ3) is 4.04. The van der Waals surface area contributed by atoms with E-state index in [1.54, 1.807) is 0 Å². The fraction of sp³-hybridized carbons (Fsp3) is 1.00. The van der Waals surface area contributed by atoms with Crippen molar-refractivity contribution in [2.24, 2.45) is 0 Å². The maximum Gasteiger partial charge on any atom is 0.0623 e. The lowest BCUT2D eigenvalue weighted by molar-refractivity contribution is 0.0996. The first-order chi connectivity index (χ1) is 7.61. The molecule has 0 aromatic carbocycles. The molecule has 0 bridgehead atoms. The molecule has 0 heterocycles. The van der Waals surface area contributed by atoms with Crippen molar-refractivity contribution in [2.45, 2.75) is 57.5 Å². The second kappa shape index (κ2) is 6.58. The quantitative estimate of drug-likeness (QED) is 0.725. The summed E-state index contributed by atoms with van der Waals surface area (Å²) in [4.78, 5) is 2.43. The molecule has 0 amide bonds. The van der Waals surface area contributed by atoms with Crippen LogP contribution in [-0.2, 0) is 0 Å². The van der Waals surface area contributed by atoms with Crippen LogP contribution in [0.15, 0.2) is 0 Å². The van der Waals surface area contributed by atoms with Gasteiger partial charge >= 0.3 is 0 Å². The molecular formula is C13H28N2O. The van der Waals surface area contributed by atoms with Crippen LogP contribution >= 0.6 is 0 Å². The van der Waals surface area contributed by atoms with Gasteiger partial charge in [0.2, 0.25) is 0 Å². The summed E-state index contributed by atoms with van der Waals surface area (Å²) in [6.45, 7) is 6.25. The van der Waals surface area contributed by atoms with E-state index in [-0.39, 0.29) is 12.1 Å². The van der Waals surface area contributed by atoms with Gasteiger partial charge in [0.15, 0.2) is 0 Å². The molecular weight excluding hydrogens is 200 g/mol. The van der Waals surface area contributed by atoms with E-state index in [4.69, 9.17) is 0 Å². The second-order valence-electron chi connectivity index (χ2n) is 5.46. The Balaban J connectivity index is 2.43. The van der Waals surface area contributed by atoms with Gasteiger partial charge in [0.25, 0.3) is 0 Å². The van der Waals surface area contributed by atoms with E-state index in [2.05, 4.69) is 31.1 Å². The van der Waals surface area contributed by atoms with Gasteiger partial charge in [-0.15, -0.1) is 0 Å². The Morgan fingerprint density at radius 3 is 2.44 bits per heavy atom. The fourth-order valence-corrected chi connectivity index (χ4v) is 2.79. The number of likely N-dealkylation sites (N-methyl/N-ethyl adjacent to an activating group) is 2. The summed E-state index contributed by atoms with van der Waals surface area (Å²) in [6, 6.07) is 0.721. The highest BCUT2D eigenvalue weighted by Gasteiger charge is 2.27. The number of aliphatic hydroxyl groups is 1. The summed E-state index contributed by atoms with van der Waals surface area (Å²) in [5.41, 5.74) is -0.152. The molecule has 0 aromatic heterocycles. The average Bonchev–Trinajstić information content (AvgIpc) is 2.30. The lowest BCUT2D eigenvalue weighted by Gasteiger charge is -2.38. The minimum Gasteiger partial charge on any atom is -0.394 e. The van der Waals surface area contributed by atoms with Crippen molar-refractivity contribution in [3.8, 4) is 0 Å². The number of hydrogen-bond donors (Lipinski definition) is 2. The Morgan fingerprint density at radius 2 is 1.94 bits per heavy atom. The van der Waals surface area contributed by atoms with Crippen LogP contribution in [0.2, 0.25) is 0 Å². The van der Waals surface area contributed by atoms with Crippen LogP contribution in [0.1, 0.15) is 46.0 Å². The zero-order valence-corrected chi connectivity index (χ0v) is 11.1. The fourth-order valence-electron chi connectivity index (χ4n) is 2.79. The summed E-state index contributed by atoms with van der Waals surface area (Å²) >= 11 is 0. The number of hydrogen-bond acceptors (Lipinski definition) is 3. The highest BCUT2D eigenvalue weighted by Crippen LogP contribution is 2.22. The largest absolute Gasteiger partial charge is 0.394 e. The first kappa shape index (κ1) is 13.9. The van der Waals surface area contributed by atoms with Gasteiger partial charge in [-0.2, -0.15) is 0 Å². The lowest BCUT2D eigenvalue weighted by atomic mass is 9.93. The number of nitrogens with one attached hydrogen (secondary N) is 1. The third-order valence-corrected chi connectivity index (χ3v) is 3.75. The maximum absolute atomic E-state index is 9.47. The van der Waals surface area contributed by atoms with Crippen molar-refractivity contribution >= 4 is 0 Å². The van der Waals surface area contributed by atoms with Crippen LogP contribution in [0.25, 0.3) is 0 Å². The molecule has 1 atom stereocenters. The third-order valence-electron chi connectivity index (χ3n) is 3.75. The predicted molar refractivity (Wildman–Crippen MR) is 68.7 cm³/mol. The maximum atomic E-state index is 9.47. The molecule has 0 radical (unpaired) electrons. The predicted octanol–water partition coefficient (Wildman–Crippen LogP) is 1.61. The number of nitrogens with zero attached hydrogens (tertiary/aromatic N) is 1. The Hall–Kier alpha value is -0.120. The molecule has 3 heteroatoms. The lowest BCUT2D eigenvalue weighted by Crippen LogP contribution is -2.55. The summed E-state index contributed by atoms with van der Waals surface area (Å²) in [5.74, 6) is 0. The standard InChI is InChI=1S/C13H28N2O/c1-4-14-13(2,11-16)10-15(3)12-8-6-5-7-9-12/h12,14,16H,4-11H2,1-3H3. The molecule has 0 aliphatic heterocycles. The van der Waals surface area contributed by atoms with Crippen molar-refractivity contribution < 1.29 is 5.11 Å². The van der Waals surface area contributed by atoms with Gasteiger partial charge in [-0.3, -0.25) is 0 Å². The van der Waals surface area contributed by atoms with Gasteiger partial charge in [0.05, 0.1) is 12.1 Å². The van der Waals surface area contributed by atoms with Crippen LogP contribution in [0, 0.1) is 0 Å². The van der Waals surface area contributed by atoms with Crippen molar-refractivity contribution in [1.82, 2.24) is 10.2 Å². The van der Waals surface area contributed by atoms with Gasteiger partial charge in [-0.25, -0.2) is 0 Å². The smallest absolute Gasteiger partial charge is 0.0623 e. The highest BCUT2D eigenvalue weighted by atomic mass is 16.3. The molecule has 1 fully saturated rings. The zero-order valence-electron chi connectivity index (χ0n) is 11.1. The van der Waals surface area contributed by atoms with Gasteiger partial charge in [0, 0.05) is 12.6 Å². The van der Waals surface area contributed by atoms with E-state index in [9.17, 15) is 5.11 Å². The molecule has 3 nitrogen and oxygen atoms in total. The van der Waals surface area contributed by atoms with Crippen LogP contribution in [0.5, 0.6) is 0 Å². The van der Waals surface area contributed by atoms with Gasteiger partial charge in [0.1, 0.15) is 0 Å². The summed E-state index contributed by atoms with van der Waals surface area (Å²) in [6.07, 6.45) is 6.78. The van der Waals surface area contributed by atoms with Crippen molar-refractivity contribution in [3.05, 3.63) is 0 Å². The normalized spacial score (nSPS) is 22.3. The molecule has 96 valence electrons. The minimum atomic E-state index is -0.152. The molecule has 1 rings (SSSR count). The van der Waals surface area contributed by atoms with E-state index in [1.165, 1.54) is 32.1 Å². The Bertz CT molecular complexity index is 192. The summed E-state index contributed by atoms with van der Waals surface area (Å²) in [5, 5.41) is 12.9. The van der Waals surface area contributed by atoms with Crippen LogP contribution < -0.4 is 5.32 Å². The average molecular weight is 228 g/mol. The molecule has 1 aliphatic rings. The van der Waals surface area contributed by atoms with E-state index >= 15 is 0 Å². The first-order valence-corrected chi connectivity index (χ1v) is 6.67. The van der Waals surface area contributed by atoms with Crippen molar-refractivity contribution in [3.63, 3.8) is 0 Å². The van der Waals surface area contributed by atoms with Gasteiger partial charge in [-0.05, 0) is 33.4 Å². The van der Waals surface area contributed by atoms with Gasteiger partial charge in [-0.1, -0.05) is 26.2 Å². The molecule has 1 unspecified atom stereocenters. The van der Waals surface area contributed by atoms with E-state index in [0.29, 0.717) is 0 Å². The van der Waals surface area contributed by atoms with Crippen LogP contribution in [0.3, 0.4) is 0 Å². The van der Waals surface area contributed by atoms with Crippen LogP contribution in [-0.4, -0.2) is 48.3 Å². The molecule has 0 spiro atoms. The van der Waals surface area contributed by atoms with E-state index in [1.807, 2.05) is 0 Å². The topological polar surface area (TPSA) is 35.5 Å². The Morgan fingerprint density at radius 1 is 1.31 bits per heavy atom. The molecule has 16 heavy (non-hydrogen) atoms. The molecule has 1 saturated carbocycles. The van der Waals surface area contributed by atoms with Crippen LogP contribution in [0.4, 0.5) is 0 Å². The first-order valence-electron chi connectivity index (χ1n) is 6.67. The molecule has 2 N–H and O–H groups in total. The summed E-state index contributed by atoms with van der Waals surface area (Å²) < 4.78 is 0. The molecule has 0 aromatic rings. The van der Waals surface area contributed by atoms with E-state index in [0.717, 1.165) is 19.1 Å². The monoisotopic (exact) mass is 228 g/mol. The SMILES string of the molecule is CCNC(C)(CO)CN(C)C1CCCCC1. The Kier molecular flexibility index (Phi) is 5.73. The number of aliphatic hydroxyl groups excluding tert-OH is 1. The summed E-state index contributed by atoms with van der Waals surface area (Å²) in [7, 11) is 2.20. The zero-order chi connectivity index (χ0) is 12.0. The van der Waals surface area contributed by atoms with Crippen molar-refractivity contribution in [2.75, 3.05) is 26.7 Å². The molecule has 0 saturated heterocycles.